The average molecular weight is 219 g/mol. The zero-order valence-electron chi connectivity index (χ0n) is 10.2. The molecule has 1 N–H and O–H groups in total. The quantitative estimate of drug-likeness (QED) is 0.843. The maximum Gasteiger partial charge on any atom is 0.0695 e. The molecule has 0 aromatic heterocycles. The van der Waals surface area contributed by atoms with Crippen LogP contribution >= 0.6 is 0 Å². The zero-order valence-corrected chi connectivity index (χ0v) is 10.2. The first-order chi connectivity index (χ1) is 7.66. The maximum atomic E-state index is 9.85. The molecule has 2 atom stereocenters. The molecular weight excluding hydrogens is 198 g/mol. The highest BCUT2D eigenvalue weighted by Gasteiger charge is 2.28. The molecule has 0 aliphatic heterocycles. The Labute approximate surface area is 97.9 Å². The van der Waals surface area contributed by atoms with Crippen molar-refractivity contribution in [3.63, 3.8) is 0 Å². The predicted octanol–water partition coefficient (Wildman–Crippen LogP) is 2.34. The molecule has 2 nitrogen and oxygen atoms in total. The van der Waals surface area contributed by atoms with E-state index in [-0.39, 0.29) is 6.10 Å². The Kier molecular flexibility index (Phi) is 3.62. The fraction of sp³-hybridized carbons (Fsp3) is 0.571. The smallest absolute Gasteiger partial charge is 0.0695 e. The summed E-state index contributed by atoms with van der Waals surface area (Å²) in [6.45, 7) is 3.05. The Morgan fingerprint density at radius 2 is 2.19 bits per heavy atom. The molecule has 0 heterocycles. The van der Waals surface area contributed by atoms with Crippen molar-refractivity contribution in [1.82, 2.24) is 4.90 Å². The van der Waals surface area contributed by atoms with E-state index in [1.54, 1.807) is 0 Å². The van der Waals surface area contributed by atoms with Crippen molar-refractivity contribution in [2.45, 2.75) is 44.9 Å². The van der Waals surface area contributed by atoms with Crippen LogP contribution in [0.3, 0.4) is 0 Å². The van der Waals surface area contributed by atoms with E-state index in [2.05, 4.69) is 43.1 Å². The van der Waals surface area contributed by atoms with Crippen molar-refractivity contribution in [2.24, 2.45) is 0 Å². The van der Waals surface area contributed by atoms with Gasteiger partial charge in [-0.15, -0.1) is 0 Å². The molecule has 2 heteroatoms. The summed E-state index contributed by atoms with van der Waals surface area (Å²) in [6.07, 6.45) is 3.12. The highest BCUT2D eigenvalue weighted by molar-refractivity contribution is 5.22. The maximum absolute atomic E-state index is 9.85. The summed E-state index contributed by atoms with van der Waals surface area (Å²) in [5.74, 6) is 0. The predicted molar refractivity (Wildman–Crippen MR) is 66.3 cm³/mol. The Hall–Kier alpha value is -0.860. The van der Waals surface area contributed by atoms with Crippen molar-refractivity contribution >= 4 is 0 Å². The summed E-state index contributed by atoms with van der Waals surface area (Å²) >= 11 is 0. The van der Waals surface area contributed by atoms with E-state index in [4.69, 9.17) is 0 Å². The molecule has 88 valence electrons. The van der Waals surface area contributed by atoms with E-state index in [0.29, 0.717) is 6.04 Å². The van der Waals surface area contributed by atoms with Gasteiger partial charge in [-0.25, -0.2) is 0 Å². The Bertz CT molecular complexity index is 350. The van der Waals surface area contributed by atoms with Gasteiger partial charge in [0.15, 0.2) is 0 Å². The normalized spacial score (nSPS) is 25.2. The summed E-state index contributed by atoms with van der Waals surface area (Å²) in [7, 11) is 2.11. The molecule has 16 heavy (non-hydrogen) atoms. The Balaban J connectivity index is 1.99. The van der Waals surface area contributed by atoms with E-state index < -0.39 is 0 Å². The van der Waals surface area contributed by atoms with Gasteiger partial charge < -0.3 is 5.11 Å². The molecule has 1 aromatic rings. The summed E-state index contributed by atoms with van der Waals surface area (Å²) in [5, 5.41) is 9.85. The van der Waals surface area contributed by atoms with Crippen molar-refractivity contribution in [1.29, 1.82) is 0 Å². The summed E-state index contributed by atoms with van der Waals surface area (Å²) in [5.41, 5.74) is 2.64. The second-order valence-corrected chi connectivity index (χ2v) is 4.97. The monoisotopic (exact) mass is 219 g/mol. The van der Waals surface area contributed by atoms with Gasteiger partial charge in [-0.1, -0.05) is 29.8 Å². The lowest BCUT2D eigenvalue weighted by atomic mass is 10.1. The SMILES string of the molecule is Cc1cccc(CN(C)[C@H]2CCC[C@@H]2O)c1. The van der Waals surface area contributed by atoms with E-state index in [1.807, 2.05) is 0 Å². The molecule has 1 aliphatic carbocycles. The first-order valence-electron chi connectivity index (χ1n) is 6.10. The molecule has 1 saturated carbocycles. The van der Waals surface area contributed by atoms with Crippen LogP contribution in [0.15, 0.2) is 24.3 Å². The number of aliphatic hydroxyl groups excluding tert-OH is 1. The molecule has 2 rings (SSSR count). The average Bonchev–Trinajstić information content (AvgIpc) is 2.64. The van der Waals surface area contributed by atoms with Crippen LogP contribution in [0.1, 0.15) is 30.4 Å². The number of aryl methyl sites for hydroxylation is 1. The van der Waals surface area contributed by atoms with Crippen LogP contribution in [0, 0.1) is 6.92 Å². The van der Waals surface area contributed by atoms with Gasteiger partial charge in [0.2, 0.25) is 0 Å². The summed E-state index contributed by atoms with van der Waals surface area (Å²) < 4.78 is 0. The third-order valence-corrected chi connectivity index (χ3v) is 3.52. The summed E-state index contributed by atoms with van der Waals surface area (Å²) in [6, 6.07) is 8.95. The molecule has 0 saturated heterocycles. The van der Waals surface area contributed by atoms with Crippen LogP contribution in [-0.4, -0.2) is 29.2 Å². The van der Waals surface area contributed by atoms with Gasteiger partial charge >= 0.3 is 0 Å². The molecule has 0 bridgehead atoms. The third kappa shape index (κ3) is 2.63. The largest absolute Gasteiger partial charge is 0.391 e. The number of benzene rings is 1. The molecule has 0 unspecified atom stereocenters. The minimum atomic E-state index is -0.130. The number of hydrogen-bond donors (Lipinski definition) is 1. The third-order valence-electron chi connectivity index (χ3n) is 3.52. The van der Waals surface area contributed by atoms with Crippen LogP contribution in [0.5, 0.6) is 0 Å². The lowest BCUT2D eigenvalue weighted by Crippen LogP contribution is -2.36. The van der Waals surface area contributed by atoms with Crippen LogP contribution in [-0.2, 0) is 6.54 Å². The van der Waals surface area contributed by atoms with Gasteiger partial charge in [0.25, 0.3) is 0 Å². The zero-order chi connectivity index (χ0) is 11.5. The van der Waals surface area contributed by atoms with E-state index in [1.165, 1.54) is 11.1 Å². The van der Waals surface area contributed by atoms with Crippen molar-refractivity contribution < 1.29 is 5.11 Å². The Morgan fingerprint density at radius 3 is 2.81 bits per heavy atom. The van der Waals surface area contributed by atoms with Crippen LogP contribution in [0.2, 0.25) is 0 Å². The second-order valence-electron chi connectivity index (χ2n) is 4.97. The van der Waals surface area contributed by atoms with E-state index in [9.17, 15) is 5.11 Å². The molecule has 1 aromatic carbocycles. The van der Waals surface area contributed by atoms with Crippen molar-refractivity contribution in [3.8, 4) is 0 Å². The van der Waals surface area contributed by atoms with E-state index >= 15 is 0 Å². The van der Waals surface area contributed by atoms with Crippen molar-refractivity contribution in [2.75, 3.05) is 7.05 Å². The lowest BCUT2D eigenvalue weighted by molar-refractivity contribution is 0.0825. The minimum Gasteiger partial charge on any atom is -0.391 e. The minimum absolute atomic E-state index is 0.130. The number of hydrogen-bond acceptors (Lipinski definition) is 2. The number of likely N-dealkylation sites (N-methyl/N-ethyl adjacent to an activating group) is 1. The topological polar surface area (TPSA) is 23.5 Å². The molecule has 1 aliphatic rings. The highest BCUT2D eigenvalue weighted by atomic mass is 16.3. The fourth-order valence-corrected chi connectivity index (χ4v) is 2.65. The molecule has 0 radical (unpaired) electrons. The standard InChI is InChI=1S/C14H21NO/c1-11-5-3-6-12(9-11)10-15(2)13-7-4-8-14(13)16/h3,5-6,9,13-14,16H,4,7-8,10H2,1-2H3/t13-,14-/m0/s1. The van der Waals surface area contributed by atoms with Gasteiger partial charge in [0.05, 0.1) is 6.10 Å². The van der Waals surface area contributed by atoms with Gasteiger partial charge in [-0.05, 0) is 38.8 Å². The number of nitrogens with zero attached hydrogens (tertiary/aromatic N) is 1. The molecule has 0 amide bonds. The van der Waals surface area contributed by atoms with Crippen LogP contribution in [0.25, 0.3) is 0 Å². The second kappa shape index (κ2) is 4.98. The number of rotatable bonds is 3. The molecular formula is C14H21NO. The summed E-state index contributed by atoms with van der Waals surface area (Å²) in [4.78, 5) is 2.28. The lowest BCUT2D eigenvalue weighted by Gasteiger charge is -2.27. The van der Waals surface area contributed by atoms with E-state index in [0.717, 1.165) is 25.8 Å². The Morgan fingerprint density at radius 1 is 1.38 bits per heavy atom. The van der Waals surface area contributed by atoms with Crippen molar-refractivity contribution in [3.05, 3.63) is 35.4 Å². The molecule has 1 fully saturated rings. The van der Waals surface area contributed by atoms with Crippen LogP contribution < -0.4 is 0 Å². The molecule has 0 spiro atoms. The van der Waals surface area contributed by atoms with Gasteiger partial charge in [0.1, 0.15) is 0 Å². The van der Waals surface area contributed by atoms with Gasteiger partial charge in [0, 0.05) is 12.6 Å². The van der Waals surface area contributed by atoms with Gasteiger partial charge in [-0.3, -0.25) is 4.90 Å². The van der Waals surface area contributed by atoms with Gasteiger partial charge in [-0.2, -0.15) is 0 Å². The number of aliphatic hydroxyl groups is 1. The highest BCUT2D eigenvalue weighted by Crippen LogP contribution is 2.24. The first-order valence-corrected chi connectivity index (χ1v) is 6.10. The fourth-order valence-electron chi connectivity index (χ4n) is 2.65. The van der Waals surface area contributed by atoms with Crippen LogP contribution in [0.4, 0.5) is 0 Å². The first kappa shape index (κ1) is 11.6.